The van der Waals surface area contributed by atoms with Gasteiger partial charge in [0.05, 0.1) is 0 Å². The zero-order valence-corrected chi connectivity index (χ0v) is 21.7. The number of nitrogens with zero attached hydrogens (tertiary/aromatic N) is 1. The van der Waals surface area contributed by atoms with Gasteiger partial charge in [0.25, 0.3) is 5.91 Å². The third-order valence-electron chi connectivity index (χ3n) is 6.42. The van der Waals surface area contributed by atoms with Crippen molar-refractivity contribution in [1.82, 2.24) is 10.2 Å². The van der Waals surface area contributed by atoms with Crippen molar-refractivity contribution >= 4 is 35.0 Å². The molecule has 7 heteroatoms. The van der Waals surface area contributed by atoms with Crippen LogP contribution in [0.15, 0.2) is 42.5 Å². The van der Waals surface area contributed by atoms with Crippen LogP contribution in [0.3, 0.4) is 0 Å². The highest BCUT2D eigenvalue weighted by atomic mass is 35.5. The zero-order chi connectivity index (χ0) is 24.7. The molecule has 1 saturated carbocycles. The summed E-state index contributed by atoms with van der Waals surface area (Å²) in [6, 6.07) is 12.4. The van der Waals surface area contributed by atoms with Crippen LogP contribution in [0.1, 0.15) is 69.9 Å². The van der Waals surface area contributed by atoms with Crippen molar-refractivity contribution in [2.45, 2.75) is 77.4 Å². The first kappa shape index (κ1) is 26.4. The molecular weight excluding hydrogens is 471 g/mol. The Morgan fingerprint density at radius 2 is 1.62 bits per heavy atom. The molecule has 1 atom stereocenters. The fourth-order valence-electron chi connectivity index (χ4n) is 4.18. The summed E-state index contributed by atoms with van der Waals surface area (Å²) >= 11 is 12.8. The fraction of sp³-hybridized carbons (Fsp3) is 0.481. The molecule has 1 aliphatic carbocycles. The summed E-state index contributed by atoms with van der Waals surface area (Å²) in [6.07, 6.45) is 5.37. The van der Waals surface area contributed by atoms with E-state index < -0.39 is 6.04 Å². The molecule has 0 heterocycles. The number of carbonyl (C=O) groups is 2. The van der Waals surface area contributed by atoms with E-state index in [0.717, 1.165) is 25.7 Å². The molecule has 2 aromatic rings. The molecular formula is C27H34Cl2N2O3. The predicted octanol–water partition coefficient (Wildman–Crippen LogP) is 6.36. The molecule has 2 aromatic carbocycles. The Morgan fingerprint density at radius 3 is 2.21 bits per heavy atom. The first-order valence-electron chi connectivity index (χ1n) is 12.0. The van der Waals surface area contributed by atoms with E-state index in [2.05, 4.69) is 19.2 Å². The highest BCUT2D eigenvalue weighted by Gasteiger charge is 2.29. The highest BCUT2D eigenvalue weighted by Crippen LogP contribution is 2.27. The van der Waals surface area contributed by atoms with Crippen molar-refractivity contribution in [1.29, 1.82) is 0 Å². The van der Waals surface area contributed by atoms with E-state index in [9.17, 15) is 9.59 Å². The van der Waals surface area contributed by atoms with Gasteiger partial charge in [-0.15, -0.1) is 0 Å². The van der Waals surface area contributed by atoms with E-state index >= 15 is 0 Å². The standard InChI is InChI=1S/C27H34Cl2N2O3/c1-18(2)20-12-14-22(15-13-20)34-17-26(32)31(16-23-24(28)10-7-11-25(23)29)19(3)27(33)30-21-8-5-4-6-9-21/h7,10-15,18-19,21H,4-6,8-9,16-17H2,1-3H3,(H,30,33). The Bertz CT molecular complexity index is 952. The topological polar surface area (TPSA) is 58.6 Å². The van der Waals surface area contributed by atoms with Gasteiger partial charge in [-0.2, -0.15) is 0 Å². The van der Waals surface area contributed by atoms with Crippen molar-refractivity contribution in [3.8, 4) is 5.75 Å². The maximum Gasteiger partial charge on any atom is 0.261 e. The monoisotopic (exact) mass is 504 g/mol. The highest BCUT2D eigenvalue weighted by molar-refractivity contribution is 6.36. The molecule has 1 N–H and O–H groups in total. The van der Waals surface area contributed by atoms with Crippen LogP contribution in [-0.2, 0) is 16.1 Å². The summed E-state index contributed by atoms with van der Waals surface area (Å²) in [5, 5.41) is 4.03. The number of hydrogen-bond acceptors (Lipinski definition) is 3. The van der Waals surface area contributed by atoms with Gasteiger partial charge in [-0.05, 0) is 55.5 Å². The molecule has 0 bridgehead atoms. The van der Waals surface area contributed by atoms with Crippen LogP contribution in [0.5, 0.6) is 5.75 Å². The molecule has 1 aliphatic rings. The Balaban J connectivity index is 1.74. The van der Waals surface area contributed by atoms with Gasteiger partial charge in [-0.3, -0.25) is 9.59 Å². The van der Waals surface area contributed by atoms with Gasteiger partial charge in [-0.1, -0.05) is 74.5 Å². The van der Waals surface area contributed by atoms with Crippen molar-refractivity contribution in [2.24, 2.45) is 0 Å². The Hall–Kier alpha value is -2.24. The Morgan fingerprint density at radius 1 is 1.00 bits per heavy atom. The van der Waals surface area contributed by atoms with Crippen molar-refractivity contribution in [3.63, 3.8) is 0 Å². The first-order valence-corrected chi connectivity index (χ1v) is 12.8. The van der Waals surface area contributed by atoms with Gasteiger partial charge >= 0.3 is 0 Å². The van der Waals surface area contributed by atoms with Crippen molar-refractivity contribution < 1.29 is 14.3 Å². The first-order chi connectivity index (χ1) is 16.3. The van der Waals surface area contributed by atoms with E-state index in [-0.39, 0.29) is 31.0 Å². The second-order valence-electron chi connectivity index (χ2n) is 9.25. The van der Waals surface area contributed by atoms with Crippen LogP contribution in [0.2, 0.25) is 10.0 Å². The third-order valence-corrected chi connectivity index (χ3v) is 7.13. The number of hydrogen-bond donors (Lipinski definition) is 1. The summed E-state index contributed by atoms with van der Waals surface area (Å²) in [5.74, 6) is 0.530. The SMILES string of the molecule is CC(C)c1ccc(OCC(=O)N(Cc2c(Cl)cccc2Cl)C(C)C(=O)NC2CCCCC2)cc1. The molecule has 184 valence electrons. The molecule has 0 saturated heterocycles. The molecule has 1 fully saturated rings. The summed E-state index contributed by atoms with van der Waals surface area (Å²) in [6.45, 7) is 5.91. The van der Waals surface area contributed by atoms with Crippen LogP contribution in [-0.4, -0.2) is 35.4 Å². The molecule has 0 radical (unpaired) electrons. The van der Waals surface area contributed by atoms with Gasteiger partial charge in [0.15, 0.2) is 6.61 Å². The second-order valence-corrected chi connectivity index (χ2v) is 10.1. The van der Waals surface area contributed by atoms with Crippen LogP contribution >= 0.6 is 23.2 Å². The van der Waals surface area contributed by atoms with Crippen molar-refractivity contribution in [2.75, 3.05) is 6.61 Å². The lowest BCUT2D eigenvalue weighted by Crippen LogP contribution is -2.51. The van der Waals surface area contributed by atoms with Gasteiger partial charge in [0, 0.05) is 28.2 Å². The number of nitrogens with one attached hydrogen (secondary N) is 1. The average molecular weight is 505 g/mol. The third kappa shape index (κ3) is 7.13. The molecule has 0 aromatic heterocycles. The molecule has 0 aliphatic heterocycles. The number of ether oxygens (including phenoxy) is 1. The van der Waals surface area contributed by atoms with Gasteiger partial charge in [-0.25, -0.2) is 0 Å². The number of benzene rings is 2. The fourth-order valence-corrected chi connectivity index (χ4v) is 4.70. The number of halogens is 2. The van der Waals surface area contributed by atoms with E-state index in [1.54, 1.807) is 25.1 Å². The van der Waals surface area contributed by atoms with Crippen LogP contribution < -0.4 is 10.1 Å². The Labute approximate surface area is 212 Å². The van der Waals surface area contributed by atoms with Crippen molar-refractivity contribution in [3.05, 3.63) is 63.6 Å². The molecule has 0 spiro atoms. The lowest BCUT2D eigenvalue weighted by molar-refractivity contribution is -0.142. The lowest BCUT2D eigenvalue weighted by atomic mass is 9.95. The minimum absolute atomic E-state index is 0.117. The summed E-state index contributed by atoms with van der Waals surface area (Å²) in [4.78, 5) is 27.9. The minimum atomic E-state index is -0.700. The predicted molar refractivity (Wildman–Crippen MR) is 138 cm³/mol. The van der Waals surface area contributed by atoms with E-state index in [4.69, 9.17) is 27.9 Å². The second kappa shape index (κ2) is 12.5. The molecule has 3 rings (SSSR count). The maximum atomic E-state index is 13.3. The lowest BCUT2D eigenvalue weighted by Gasteiger charge is -2.31. The normalized spacial score (nSPS) is 15.1. The van der Waals surface area contributed by atoms with Gasteiger partial charge in [0.2, 0.25) is 5.91 Å². The van der Waals surface area contributed by atoms with Gasteiger partial charge < -0.3 is 15.0 Å². The zero-order valence-electron chi connectivity index (χ0n) is 20.2. The molecule has 5 nitrogen and oxygen atoms in total. The number of rotatable bonds is 9. The molecule has 2 amide bonds. The smallest absolute Gasteiger partial charge is 0.261 e. The molecule has 34 heavy (non-hydrogen) atoms. The van der Waals surface area contributed by atoms with E-state index in [1.807, 2.05) is 24.3 Å². The van der Waals surface area contributed by atoms with E-state index in [0.29, 0.717) is 27.3 Å². The average Bonchev–Trinajstić information content (AvgIpc) is 2.83. The number of amides is 2. The van der Waals surface area contributed by atoms with Crippen LogP contribution in [0.25, 0.3) is 0 Å². The Kier molecular flexibility index (Phi) is 9.66. The van der Waals surface area contributed by atoms with Gasteiger partial charge in [0.1, 0.15) is 11.8 Å². The largest absolute Gasteiger partial charge is 0.484 e. The van der Waals surface area contributed by atoms with Crippen LogP contribution in [0, 0.1) is 0 Å². The summed E-state index contributed by atoms with van der Waals surface area (Å²) < 4.78 is 5.77. The number of carbonyl (C=O) groups excluding carboxylic acids is 2. The summed E-state index contributed by atoms with van der Waals surface area (Å²) in [5.41, 5.74) is 1.81. The molecule has 1 unspecified atom stereocenters. The maximum absolute atomic E-state index is 13.3. The quantitative estimate of drug-likeness (QED) is 0.431. The van der Waals surface area contributed by atoms with E-state index in [1.165, 1.54) is 16.9 Å². The minimum Gasteiger partial charge on any atom is -0.484 e. The van der Waals surface area contributed by atoms with Crippen LogP contribution in [0.4, 0.5) is 0 Å². The summed E-state index contributed by atoms with van der Waals surface area (Å²) in [7, 11) is 0.